The minimum absolute atomic E-state index is 0.189. The van der Waals surface area contributed by atoms with Gasteiger partial charge < -0.3 is 25.6 Å². The van der Waals surface area contributed by atoms with E-state index in [9.17, 15) is 9.59 Å². The lowest BCUT2D eigenvalue weighted by atomic mass is 10.2. The Morgan fingerprint density at radius 1 is 0.900 bits per heavy atom. The first-order valence-corrected chi connectivity index (χ1v) is 10.5. The van der Waals surface area contributed by atoms with Gasteiger partial charge >= 0.3 is 6.03 Å². The number of benzene rings is 2. The Morgan fingerprint density at radius 2 is 1.57 bits per heavy atom. The maximum absolute atomic E-state index is 12.3. The fourth-order valence-corrected chi connectivity index (χ4v) is 3.53. The topological polar surface area (TPSA) is 82.7 Å². The monoisotopic (exact) mass is 410 g/mol. The molecule has 2 aromatic rings. The van der Waals surface area contributed by atoms with Crippen LogP contribution in [-0.4, -0.2) is 45.2 Å². The van der Waals surface area contributed by atoms with Crippen LogP contribution >= 0.6 is 0 Å². The summed E-state index contributed by atoms with van der Waals surface area (Å²) in [6.45, 7) is 2.70. The molecule has 3 N–H and O–H groups in total. The van der Waals surface area contributed by atoms with Crippen LogP contribution in [0.3, 0.4) is 0 Å². The molecule has 0 aromatic heterocycles. The Hall–Kier alpha value is -3.22. The number of methoxy groups -OCH3 is 1. The zero-order chi connectivity index (χ0) is 21.2. The van der Waals surface area contributed by atoms with E-state index in [4.69, 9.17) is 4.74 Å². The summed E-state index contributed by atoms with van der Waals surface area (Å²) < 4.78 is 5.09. The average Bonchev–Trinajstić information content (AvgIpc) is 3.06. The lowest BCUT2D eigenvalue weighted by molar-refractivity contribution is 0.0954. The second-order valence-corrected chi connectivity index (χ2v) is 7.28. The zero-order valence-corrected chi connectivity index (χ0v) is 17.4. The Balaban J connectivity index is 1.45. The van der Waals surface area contributed by atoms with Crippen LogP contribution in [0.5, 0.6) is 5.75 Å². The Labute approximate surface area is 177 Å². The lowest BCUT2D eigenvalue weighted by Crippen LogP contribution is -2.37. The maximum Gasteiger partial charge on any atom is 0.319 e. The van der Waals surface area contributed by atoms with Crippen molar-refractivity contribution in [1.82, 2.24) is 10.6 Å². The van der Waals surface area contributed by atoms with E-state index in [1.165, 1.54) is 25.7 Å². The quantitative estimate of drug-likeness (QED) is 0.609. The molecule has 30 heavy (non-hydrogen) atoms. The molecule has 160 valence electrons. The van der Waals surface area contributed by atoms with Gasteiger partial charge in [-0.2, -0.15) is 0 Å². The van der Waals surface area contributed by atoms with Crippen molar-refractivity contribution < 1.29 is 14.3 Å². The summed E-state index contributed by atoms with van der Waals surface area (Å²) in [4.78, 5) is 26.8. The first kappa shape index (κ1) is 21.5. The molecule has 1 heterocycles. The molecule has 3 rings (SSSR count). The number of para-hydroxylation sites is 2. The molecule has 3 amide bonds. The van der Waals surface area contributed by atoms with Crippen LogP contribution in [-0.2, 0) is 0 Å². The molecular formula is C23H30N4O3. The number of nitrogens with one attached hydrogen (secondary N) is 3. The van der Waals surface area contributed by atoms with E-state index in [1.54, 1.807) is 31.4 Å². The highest BCUT2D eigenvalue weighted by Crippen LogP contribution is 2.27. The normalized spacial score (nSPS) is 13.8. The Kier molecular flexibility index (Phi) is 7.94. The number of hydrogen-bond acceptors (Lipinski definition) is 4. The average molecular weight is 411 g/mol. The van der Waals surface area contributed by atoms with Gasteiger partial charge in [-0.25, -0.2) is 4.79 Å². The SMILES string of the molecule is COc1ccc(C(=O)NCCNC(=O)Nc2ccccc2N2CCCCCC2)cc1. The number of carbonyl (C=O) groups excluding carboxylic acids is 2. The molecule has 0 bridgehead atoms. The van der Waals surface area contributed by atoms with E-state index in [2.05, 4.69) is 26.9 Å². The molecular weight excluding hydrogens is 380 g/mol. The fraction of sp³-hybridized carbons (Fsp3) is 0.391. The second-order valence-electron chi connectivity index (χ2n) is 7.28. The fourth-order valence-electron chi connectivity index (χ4n) is 3.53. The number of nitrogens with zero attached hydrogens (tertiary/aromatic N) is 1. The molecule has 1 fully saturated rings. The highest BCUT2D eigenvalue weighted by molar-refractivity contribution is 5.95. The van der Waals surface area contributed by atoms with Crippen LogP contribution in [0.1, 0.15) is 36.0 Å². The summed E-state index contributed by atoms with van der Waals surface area (Å²) in [6, 6.07) is 14.5. The number of urea groups is 1. The van der Waals surface area contributed by atoms with Crippen molar-refractivity contribution in [2.24, 2.45) is 0 Å². The minimum Gasteiger partial charge on any atom is -0.497 e. The molecule has 0 saturated carbocycles. The van der Waals surface area contributed by atoms with Gasteiger partial charge in [0.15, 0.2) is 0 Å². The lowest BCUT2D eigenvalue weighted by Gasteiger charge is -2.25. The molecule has 2 aromatic carbocycles. The molecule has 0 unspecified atom stereocenters. The van der Waals surface area contributed by atoms with Crippen LogP contribution in [0.25, 0.3) is 0 Å². The third-order valence-corrected chi connectivity index (χ3v) is 5.15. The largest absolute Gasteiger partial charge is 0.497 e. The predicted molar refractivity (Wildman–Crippen MR) is 119 cm³/mol. The van der Waals surface area contributed by atoms with Crippen molar-refractivity contribution in [2.45, 2.75) is 25.7 Å². The van der Waals surface area contributed by atoms with E-state index in [0.717, 1.165) is 24.5 Å². The summed E-state index contributed by atoms with van der Waals surface area (Å²) in [5, 5.41) is 8.53. The molecule has 1 saturated heterocycles. The van der Waals surface area contributed by atoms with Gasteiger partial charge in [-0.1, -0.05) is 25.0 Å². The molecule has 0 atom stereocenters. The van der Waals surface area contributed by atoms with Crippen LogP contribution in [0.2, 0.25) is 0 Å². The highest BCUT2D eigenvalue weighted by Gasteiger charge is 2.14. The van der Waals surface area contributed by atoms with E-state index in [0.29, 0.717) is 24.4 Å². The number of amides is 3. The van der Waals surface area contributed by atoms with E-state index in [1.807, 2.05) is 18.2 Å². The number of ether oxygens (including phenoxy) is 1. The second kappa shape index (κ2) is 11.1. The molecule has 7 nitrogen and oxygen atoms in total. The number of carbonyl (C=O) groups is 2. The maximum atomic E-state index is 12.3. The first-order chi connectivity index (χ1) is 14.7. The third-order valence-electron chi connectivity index (χ3n) is 5.15. The van der Waals surface area contributed by atoms with Gasteiger partial charge in [0.05, 0.1) is 18.5 Å². The molecule has 0 spiro atoms. The Bertz CT molecular complexity index is 831. The molecule has 1 aliphatic heterocycles. The van der Waals surface area contributed by atoms with Gasteiger partial charge in [0.1, 0.15) is 5.75 Å². The van der Waals surface area contributed by atoms with E-state index < -0.39 is 0 Å². The van der Waals surface area contributed by atoms with Gasteiger partial charge in [-0.15, -0.1) is 0 Å². The van der Waals surface area contributed by atoms with Gasteiger partial charge in [-0.3, -0.25) is 4.79 Å². The first-order valence-electron chi connectivity index (χ1n) is 10.5. The molecule has 1 aliphatic rings. The van der Waals surface area contributed by atoms with Crippen molar-refractivity contribution >= 4 is 23.3 Å². The number of hydrogen-bond donors (Lipinski definition) is 3. The standard InChI is InChI=1S/C23H30N4O3/c1-30-19-12-10-18(11-13-19)22(28)24-14-15-25-23(29)26-20-8-4-5-9-21(20)27-16-6-2-3-7-17-27/h4-5,8-13H,2-3,6-7,14-17H2,1H3,(H,24,28)(H2,25,26,29). The summed E-state index contributed by atoms with van der Waals surface area (Å²) in [5.41, 5.74) is 2.41. The summed E-state index contributed by atoms with van der Waals surface area (Å²) in [6.07, 6.45) is 4.87. The van der Waals surface area contributed by atoms with Crippen LogP contribution in [0.4, 0.5) is 16.2 Å². The van der Waals surface area contributed by atoms with Crippen molar-refractivity contribution in [1.29, 1.82) is 0 Å². The van der Waals surface area contributed by atoms with Crippen LogP contribution < -0.4 is 25.6 Å². The molecule has 0 radical (unpaired) electrons. The molecule has 0 aliphatic carbocycles. The van der Waals surface area contributed by atoms with Crippen molar-refractivity contribution in [2.75, 3.05) is 43.5 Å². The number of anilines is 2. The van der Waals surface area contributed by atoms with Gasteiger partial charge in [0, 0.05) is 31.7 Å². The van der Waals surface area contributed by atoms with Gasteiger partial charge in [0.2, 0.25) is 0 Å². The summed E-state index contributed by atoms with van der Waals surface area (Å²) in [7, 11) is 1.58. The highest BCUT2D eigenvalue weighted by atomic mass is 16.5. The zero-order valence-electron chi connectivity index (χ0n) is 17.4. The summed E-state index contributed by atoms with van der Waals surface area (Å²) >= 11 is 0. The smallest absolute Gasteiger partial charge is 0.319 e. The van der Waals surface area contributed by atoms with Crippen molar-refractivity contribution in [3.63, 3.8) is 0 Å². The van der Waals surface area contributed by atoms with Gasteiger partial charge in [-0.05, 0) is 49.2 Å². The van der Waals surface area contributed by atoms with Crippen molar-refractivity contribution in [3.8, 4) is 5.75 Å². The predicted octanol–water partition coefficient (Wildman–Crippen LogP) is 3.63. The van der Waals surface area contributed by atoms with Crippen LogP contribution in [0.15, 0.2) is 48.5 Å². The van der Waals surface area contributed by atoms with E-state index >= 15 is 0 Å². The van der Waals surface area contributed by atoms with Crippen molar-refractivity contribution in [3.05, 3.63) is 54.1 Å². The molecule has 7 heteroatoms. The summed E-state index contributed by atoms with van der Waals surface area (Å²) in [5.74, 6) is 0.511. The number of rotatable bonds is 7. The Morgan fingerprint density at radius 3 is 2.27 bits per heavy atom. The van der Waals surface area contributed by atoms with Gasteiger partial charge in [0.25, 0.3) is 5.91 Å². The van der Waals surface area contributed by atoms with Crippen LogP contribution in [0, 0.1) is 0 Å². The minimum atomic E-state index is -0.282. The third kappa shape index (κ3) is 6.14. The van der Waals surface area contributed by atoms with E-state index in [-0.39, 0.29) is 11.9 Å².